The Labute approximate surface area is 366 Å². The smallest absolute Gasteiger partial charge is 0 e. The van der Waals surface area contributed by atoms with E-state index >= 15 is 0 Å². The van der Waals surface area contributed by atoms with E-state index in [-0.39, 0.29) is 65.5 Å². The number of carbonyl (C=O) groups is 10. The second-order valence-corrected chi connectivity index (χ2v) is 10.8. The third kappa shape index (κ3) is 24.5. The largest absolute Gasteiger partial charge is 0 e. The fourth-order valence-electron chi connectivity index (χ4n) is 3.88. The van der Waals surface area contributed by atoms with Gasteiger partial charge in [0.1, 0.15) is 0 Å². The van der Waals surface area contributed by atoms with Gasteiger partial charge in [-0.3, -0.25) is 0 Å². The topological polar surface area (TPSA) is 547 Å². The van der Waals surface area contributed by atoms with Gasteiger partial charge in [0.05, 0.1) is 6.26 Å². The second kappa shape index (κ2) is 33.7. The SMILES string of the molecule is O.O.O=C(O)C1CCC(C(=O)O)O1.O=C(O)C1CCCO1.O=C(O)c1ccc(C(=O)O)o1.O=C(O)c1ccc(C(=O)O)o1.O=C(O)c1ccc(C(=O)O)o1.O=C(O)c1ccco1.[C-]#[O+].[C-]#[O+].[HH]. The van der Waals surface area contributed by atoms with Gasteiger partial charge in [-0.1, -0.05) is 0 Å². The number of carboxylic acid groups (broad SMARTS) is 10. The monoisotopic (exact) mass is 950 g/mol. The van der Waals surface area contributed by atoms with Crippen LogP contribution in [0.2, 0.25) is 0 Å². The molecule has 6 rings (SSSR count). The number of furan rings is 4. The molecule has 3 unspecified atom stereocenters. The number of hydrogen-bond acceptors (Lipinski definition) is 16. The summed E-state index contributed by atoms with van der Waals surface area (Å²) in [6.45, 7) is 9.61. The standard InChI is InChI=1S/C6H8O5.3C6H4O5.C5H8O3.C5H4O3.2CO.2H2O.H2/c4*7-5(8)3-1-2-4(11-3)6(9)10;2*6-5(7)4-2-1-3-8-4;2*1-2;;;/h3-4H,1-2H2,(H,7,8)(H,9,10);3*1-2H,(H,7,8)(H,9,10);4H,1-3H2,(H,6,7);1-3H,(H,6,7);;;2*1H2;1H. The summed E-state index contributed by atoms with van der Waals surface area (Å²) in [4.78, 5) is 101. The Morgan fingerprint density at radius 2 is 0.712 bits per heavy atom. The molecule has 0 aliphatic carbocycles. The Balaban J connectivity index is -0.000000225. The van der Waals surface area contributed by atoms with Crippen LogP contribution in [-0.2, 0) is 33.2 Å². The molecule has 4 aromatic rings. The predicted molar refractivity (Wildman–Crippen MR) is 201 cm³/mol. The van der Waals surface area contributed by atoms with E-state index in [1.807, 2.05) is 0 Å². The summed E-state index contributed by atoms with van der Waals surface area (Å²) in [5.41, 5.74) is 0. The second-order valence-electron chi connectivity index (χ2n) is 10.8. The first-order chi connectivity index (χ1) is 30.0. The molecule has 0 aromatic carbocycles. The number of rotatable bonds is 10. The molecule has 0 bridgehead atoms. The molecular formula is C36H38O30. The van der Waals surface area contributed by atoms with Crippen LogP contribution in [0.25, 0.3) is 0 Å². The van der Waals surface area contributed by atoms with Crippen LogP contribution in [-0.4, -0.2) is 147 Å². The molecular weight excluding hydrogens is 912 g/mol. The normalized spacial score (nSPS) is 14.3. The quantitative estimate of drug-likeness (QED) is 0.0795. The summed E-state index contributed by atoms with van der Waals surface area (Å²) in [6.07, 6.45) is 1.07. The molecule has 3 atom stereocenters. The summed E-state index contributed by atoms with van der Waals surface area (Å²) in [5.74, 6) is -14.0. The Bertz CT molecular complexity index is 1950. The summed E-state index contributed by atoms with van der Waals surface area (Å²) >= 11 is 0. The average Bonchev–Trinajstić information content (AvgIpc) is 4.11. The molecule has 6 heterocycles. The number of aromatic carboxylic acids is 7. The van der Waals surface area contributed by atoms with E-state index in [1.165, 1.54) is 18.4 Å². The molecule has 2 aliphatic rings. The molecule has 362 valence electrons. The Morgan fingerprint density at radius 1 is 0.439 bits per heavy atom. The first-order valence-corrected chi connectivity index (χ1v) is 16.4. The van der Waals surface area contributed by atoms with Crippen LogP contribution in [0.5, 0.6) is 0 Å². The summed E-state index contributed by atoms with van der Waals surface area (Å²) < 4.78 is 42.2. The Kier molecular flexibility index (Phi) is 32.6. The van der Waals surface area contributed by atoms with Crippen LogP contribution in [0.15, 0.2) is 72.5 Å². The van der Waals surface area contributed by atoms with Crippen LogP contribution < -0.4 is 0 Å². The van der Waals surface area contributed by atoms with Gasteiger partial charge >= 0.3 is 82.3 Å². The van der Waals surface area contributed by atoms with Crippen LogP contribution >= 0.6 is 0 Å². The molecule has 0 saturated carbocycles. The number of hydrogen-bond donors (Lipinski definition) is 10. The van der Waals surface area contributed by atoms with Crippen molar-refractivity contribution in [2.75, 3.05) is 6.61 Å². The van der Waals surface area contributed by atoms with E-state index in [0.717, 1.165) is 42.8 Å². The van der Waals surface area contributed by atoms with Crippen molar-refractivity contribution in [3.05, 3.63) is 108 Å². The molecule has 2 fully saturated rings. The minimum atomic E-state index is -1.28. The van der Waals surface area contributed by atoms with Crippen molar-refractivity contribution >= 4 is 59.7 Å². The van der Waals surface area contributed by atoms with Crippen molar-refractivity contribution < 1.29 is 148 Å². The van der Waals surface area contributed by atoms with Crippen LogP contribution in [0.3, 0.4) is 0 Å². The van der Waals surface area contributed by atoms with Gasteiger partial charge in [0, 0.05) is 8.03 Å². The van der Waals surface area contributed by atoms with Crippen molar-refractivity contribution in [1.29, 1.82) is 0 Å². The Hall–Kier alpha value is -8.86. The van der Waals surface area contributed by atoms with Crippen molar-refractivity contribution in [1.82, 2.24) is 0 Å². The minimum absolute atomic E-state index is 0. The first-order valence-electron chi connectivity index (χ1n) is 16.4. The number of aliphatic carboxylic acids is 3. The zero-order valence-corrected chi connectivity index (χ0v) is 32.8. The Morgan fingerprint density at radius 3 is 0.833 bits per heavy atom. The van der Waals surface area contributed by atoms with Crippen molar-refractivity contribution in [2.24, 2.45) is 0 Å². The average molecular weight is 951 g/mol. The molecule has 0 spiro atoms. The predicted octanol–water partition coefficient (Wildman–Crippen LogP) is 1.48. The van der Waals surface area contributed by atoms with Gasteiger partial charge in [-0.05, 0) is 74.2 Å². The fraction of sp³-hybridized carbons (Fsp3) is 0.222. The molecule has 30 heteroatoms. The van der Waals surface area contributed by atoms with E-state index in [0.29, 0.717) is 13.0 Å². The van der Waals surface area contributed by atoms with Gasteiger partial charge in [0.25, 0.3) is 0 Å². The van der Waals surface area contributed by atoms with Gasteiger partial charge in [0.15, 0.2) is 18.3 Å². The maximum Gasteiger partial charge on any atom is 0 e. The third-order valence-electron chi connectivity index (χ3n) is 6.59. The van der Waals surface area contributed by atoms with Gasteiger partial charge in [-0.2, -0.15) is 0 Å². The van der Waals surface area contributed by atoms with E-state index < -0.39 is 78.0 Å². The van der Waals surface area contributed by atoms with Gasteiger partial charge in [0.2, 0.25) is 40.3 Å². The minimum Gasteiger partial charge on any atom is 0 e. The summed E-state index contributed by atoms with van der Waals surface area (Å²) in [6, 6.07) is 9.46. The van der Waals surface area contributed by atoms with E-state index in [2.05, 4.69) is 35.7 Å². The van der Waals surface area contributed by atoms with Gasteiger partial charge in [-0.25, -0.2) is 47.9 Å². The molecule has 2 aliphatic heterocycles. The molecule has 30 nitrogen and oxygen atoms in total. The molecule has 0 radical (unpaired) electrons. The van der Waals surface area contributed by atoms with Crippen molar-refractivity contribution in [3.63, 3.8) is 0 Å². The zero-order chi connectivity index (χ0) is 49.7. The molecule has 66 heavy (non-hydrogen) atoms. The van der Waals surface area contributed by atoms with Crippen LogP contribution in [0.4, 0.5) is 0 Å². The van der Waals surface area contributed by atoms with E-state index in [4.69, 9.17) is 65.1 Å². The van der Waals surface area contributed by atoms with Gasteiger partial charge in [-0.15, -0.1) is 0 Å². The zero-order valence-electron chi connectivity index (χ0n) is 32.8. The summed E-state index contributed by atoms with van der Waals surface area (Å²) in [5, 5.41) is 83.0. The van der Waals surface area contributed by atoms with Gasteiger partial charge < -0.3 is 89.2 Å². The molecule has 2 saturated heterocycles. The molecule has 14 N–H and O–H groups in total. The van der Waals surface area contributed by atoms with Crippen LogP contribution in [0, 0.1) is 13.3 Å². The van der Waals surface area contributed by atoms with Crippen LogP contribution in [0.1, 0.15) is 101 Å². The fourth-order valence-corrected chi connectivity index (χ4v) is 3.88. The maximum absolute atomic E-state index is 10.3. The maximum atomic E-state index is 10.3. The summed E-state index contributed by atoms with van der Waals surface area (Å²) in [7, 11) is 0. The van der Waals surface area contributed by atoms with Crippen molar-refractivity contribution in [3.8, 4) is 0 Å². The number of ether oxygens (including phenoxy) is 2. The van der Waals surface area contributed by atoms with E-state index in [1.54, 1.807) is 0 Å². The third-order valence-corrected chi connectivity index (χ3v) is 6.59. The molecule has 0 amide bonds. The molecule has 4 aromatic heterocycles. The first kappa shape index (κ1) is 63.8. The van der Waals surface area contributed by atoms with Crippen molar-refractivity contribution in [2.45, 2.75) is 44.0 Å². The van der Waals surface area contributed by atoms with E-state index in [9.17, 15) is 47.9 Å². The number of carboxylic acids is 10.